The molecule has 7 heteroatoms. The van der Waals surface area contributed by atoms with E-state index in [1.807, 2.05) is 6.92 Å². The molecule has 1 aromatic rings. The van der Waals surface area contributed by atoms with Crippen molar-refractivity contribution in [2.24, 2.45) is 0 Å². The Hall–Kier alpha value is -2.41. The van der Waals surface area contributed by atoms with Gasteiger partial charge in [0.1, 0.15) is 0 Å². The summed E-state index contributed by atoms with van der Waals surface area (Å²) in [5, 5.41) is 13.7. The molecule has 0 atom stereocenters. The van der Waals surface area contributed by atoms with Crippen LogP contribution < -0.4 is 10.6 Å². The molecule has 0 saturated carbocycles. The predicted molar refractivity (Wildman–Crippen MR) is 80.8 cm³/mol. The molecule has 0 aliphatic rings. The first-order chi connectivity index (χ1) is 10.5. The van der Waals surface area contributed by atoms with Crippen molar-refractivity contribution >= 4 is 23.5 Å². The lowest BCUT2D eigenvalue weighted by atomic mass is 10.2. The standard InChI is InChI=1S/C15H20N2O5/c1-2-22-10-8-13(18)17-12-5-3-11(4-6-12)15(21)16-9-7-14(19)20/h3-6H,2,7-10H2,1H3,(H,16,21)(H,17,18)(H,19,20). The maximum atomic E-state index is 11.7. The maximum absolute atomic E-state index is 11.7. The molecule has 0 aromatic heterocycles. The average Bonchev–Trinajstić information content (AvgIpc) is 2.47. The SMILES string of the molecule is CCOCCC(=O)Nc1ccc(C(=O)NCCC(=O)O)cc1. The fourth-order valence-electron chi connectivity index (χ4n) is 1.62. The van der Waals surface area contributed by atoms with Crippen molar-refractivity contribution in [2.45, 2.75) is 19.8 Å². The van der Waals surface area contributed by atoms with Crippen LogP contribution >= 0.6 is 0 Å². The van der Waals surface area contributed by atoms with Gasteiger partial charge >= 0.3 is 5.97 Å². The highest BCUT2D eigenvalue weighted by Gasteiger charge is 2.07. The number of nitrogens with one attached hydrogen (secondary N) is 2. The molecule has 0 bridgehead atoms. The molecule has 0 aliphatic carbocycles. The van der Waals surface area contributed by atoms with Gasteiger partial charge in [0.2, 0.25) is 5.91 Å². The molecule has 22 heavy (non-hydrogen) atoms. The Labute approximate surface area is 128 Å². The number of benzene rings is 1. The van der Waals surface area contributed by atoms with Crippen LogP contribution in [-0.4, -0.2) is 42.6 Å². The van der Waals surface area contributed by atoms with E-state index in [1.165, 1.54) is 0 Å². The van der Waals surface area contributed by atoms with Gasteiger partial charge in [-0.1, -0.05) is 0 Å². The van der Waals surface area contributed by atoms with Gasteiger partial charge in [-0.15, -0.1) is 0 Å². The molecular formula is C15H20N2O5. The van der Waals surface area contributed by atoms with Crippen LogP contribution in [0.25, 0.3) is 0 Å². The van der Waals surface area contributed by atoms with E-state index in [2.05, 4.69) is 10.6 Å². The molecule has 3 N–H and O–H groups in total. The zero-order valence-electron chi connectivity index (χ0n) is 12.4. The van der Waals surface area contributed by atoms with Gasteiger partial charge in [0, 0.05) is 24.4 Å². The second-order valence-corrected chi connectivity index (χ2v) is 4.47. The van der Waals surface area contributed by atoms with E-state index in [4.69, 9.17) is 9.84 Å². The van der Waals surface area contributed by atoms with Crippen LogP contribution in [0, 0.1) is 0 Å². The summed E-state index contributed by atoms with van der Waals surface area (Å²) >= 11 is 0. The first-order valence-electron chi connectivity index (χ1n) is 7.00. The van der Waals surface area contributed by atoms with Gasteiger partial charge in [-0.05, 0) is 31.2 Å². The zero-order valence-corrected chi connectivity index (χ0v) is 12.4. The van der Waals surface area contributed by atoms with Crippen LogP contribution in [0.5, 0.6) is 0 Å². The molecule has 0 radical (unpaired) electrons. The molecule has 7 nitrogen and oxygen atoms in total. The molecule has 0 unspecified atom stereocenters. The smallest absolute Gasteiger partial charge is 0.305 e. The number of hydrogen-bond donors (Lipinski definition) is 3. The maximum Gasteiger partial charge on any atom is 0.305 e. The molecular weight excluding hydrogens is 288 g/mol. The van der Waals surface area contributed by atoms with Crippen LogP contribution in [0.2, 0.25) is 0 Å². The van der Waals surface area contributed by atoms with Crippen LogP contribution in [-0.2, 0) is 14.3 Å². The van der Waals surface area contributed by atoms with Crippen LogP contribution in [0.1, 0.15) is 30.1 Å². The molecule has 0 heterocycles. The van der Waals surface area contributed by atoms with Gasteiger partial charge in [0.05, 0.1) is 19.4 Å². The number of amides is 2. The Balaban J connectivity index is 2.43. The van der Waals surface area contributed by atoms with E-state index in [0.717, 1.165) is 0 Å². The topological polar surface area (TPSA) is 105 Å². The lowest BCUT2D eigenvalue weighted by Crippen LogP contribution is -2.25. The molecule has 0 fully saturated rings. The quantitative estimate of drug-likeness (QED) is 0.596. The Bertz CT molecular complexity index is 513. The number of rotatable bonds is 9. The third-order valence-electron chi connectivity index (χ3n) is 2.73. The number of hydrogen-bond acceptors (Lipinski definition) is 4. The number of anilines is 1. The van der Waals surface area contributed by atoms with Gasteiger partial charge < -0.3 is 20.5 Å². The van der Waals surface area contributed by atoms with Crippen molar-refractivity contribution in [3.8, 4) is 0 Å². The van der Waals surface area contributed by atoms with E-state index in [1.54, 1.807) is 24.3 Å². The molecule has 0 aliphatic heterocycles. The normalized spacial score (nSPS) is 10.0. The predicted octanol–water partition coefficient (Wildman–Crippen LogP) is 1.26. The summed E-state index contributed by atoms with van der Waals surface area (Å²) < 4.78 is 5.09. The summed E-state index contributed by atoms with van der Waals surface area (Å²) in [5.74, 6) is -1.48. The zero-order chi connectivity index (χ0) is 16.4. The molecule has 120 valence electrons. The van der Waals surface area contributed by atoms with Crippen LogP contribution in [0.3, 0.4) is 0 Å². The van der Waals surface area contributed by atoms with Gasteiger partial charge in [0.25, 0.3) is 5.91 Å². The minimum atomic E-state index is -0.967. The van der Waals surface area contributed by atoms with Crippen molar-refractivity contribution in [1.29, 1.82) is 0 Å². The highest BCUT2D eigenvalue weighted by molar-refractivity contribution is 5.95. The second kappa shape index (κ2) is 9.51. The highest BCUT2D eigenvalue weighted by atomic mass is 16.5. The van der Waals surface area contributed by atoms with Gasteiger partial charge in [-0.25, -0.2) is 0 Å². The van der Waals surface area contributed by atoms with Crippen LogP contribution in [0.15, 0.2) is 24.3 Å². The Morgan fingerprint density at radius 2 is 1.82 bits per heavy atom. The number of carboxylic acids is 1. The van der Waals surface area contributed by atoms with E-state index in [-0.39, 0.29) is 31.2 Å². The fourth-order valence-corrected chi connectivity index (χ4v) is 1.62. The molecule has 0 saturated heterocycles. The summed E-state index contributed by atoms with van der Waals surface area (Å²) in [5.41, 5.74) is 0.987. The molecule has 1 aromatic carbocycles. The first kappa shape index (κ1) is 17.6. The summed E-state index contributed by atoms with van der Waals surface area (Å²) in [6, 6.07) is 6.36. The summed E-state index contributed by atoms with van der Waals surface area (Å²) in [4.78, 5) is 33.7. The summed E-state index contributed by atoms with van der Waals surface area (Å²) in [7, 11) is 0. The molecule has 1 rings (SSSR count). The third-order valence-corrected chi connectivity index (χ3v) is 2.73. The van der Waals surface area contributed by atoms with Crippen molar-refractivity contribution in [2.75, 3.05) is 25.1 Å². The number of aliphatic carboxylic acids is 1. The number of carboxylic acid groups (broad SMARTS) is 1. The third kappa shape index (κ3) is 6.85. The van der Waals surface area contributed by atoms with E-state index >= 15 is 0 Å². The largest absolute Gasteiger partial charge is 0.481 e. The van der Waals surface area contributed by atoms with Gasteiger partial charge in [0.15, 0.2) is 0 Å². The molecule has 0 spiro atoms. The number of ether oxygens (including phenoxy) is 1. The lowest BCUT2D eigenvalue weighted by molar-refractivity contribution is -0.136. The monoisotopic (exact) mass is 308 g/mol. The minimum absolute atomic E-state index is 0.0735. The second-order valence-electron chi connectivity index (χ2n) is 4.47. The number of carbonyl (C=O) groups excluding carboxylic acids is 2. The van der Waals surface area contributed by atoms with E-state index < -0.39 is 5.97 Å². The highest BCUT2D eigenvalue weighted by Crippen LogP contribution is 2.10. The van der Waals surface area contributed by atoms with Gasteiger partial charge in [-0.3, -0.25) is 14.4 Å². The minimum Gasteiger partial charge on any atom is -0.481 e. The first-order valence-corrected chi connectivity index (χ1v) is 7.00. The van der Waals surface area contributed by atoms with Crippen molar-refractivity contribution < 1.29 is 24.2 Å². The average molecular weight is 308 g/mol. The Kier molecular flexibility index (Phi) is 7.63. The number of carbonyl (C=O) groups is 3. The van der Waals surface area contributed by atoms with Gasteiger partial charge in [-0.2, -0.15) is 0 Å². The van der Waals surface area contributed by atoms with Crippen molar-refractivity contribution in [3.05, 3.63) is 29.8 Å². The van der Waals surface area contributed by atoms with Crippen LogP contribution in [0.4, 0.5) is 5.69 Å². The van der Waals surface area contributed by atoms with Crippen molar-refractivity contribution in [3.63, 3.8) is 0 Å². The van der Waals surface area contributed by atoms with E-state index in [9.17, 15) is 14.4 Å². The Morgan fingerprint density at radius 3 is 2.41 bits per heavy atom. The van der Waals surface area contributed by atoms with Crippen molar-refractivity contribution in [1.82, 2.24) is 5.32 Å². The lowest BCUT2D eigenvalue weighted by Gasteiger charge is -2.07. The summed E-state index contributed by atoms with van der Waals surface area (Å²) in [6.07, 6.45) is 0.144. The van der Waals surface area contributed by atoms with E-state index in [0.29, 0.717) is 24.5 Å². The summed E-state index contributed by atoms with van der Waals surface area (Å²) in [6.45, 7) is 2.87. The Morgan fingerprint density at radius 1 is 1.14 bits per heavy atom. The molecule has 2 amide bonds. The fraction of sp³-hybridized carbons (Fsp3) is 0.400.